The van der Waals surface area contributed by atoms with Crippen LogP contribution >= 0.6 is 0 Å². The Morgan fingerprint density at radius 2 is 2.09 bits per heavy atom. The number of carbonyl (C=O) groups is 1. The van der Waals surface area contributed by atoms with Gasteiger partial charge in [-0.2, -0.15) is 0 Å². The molecule has 1 aliphatic carbocycles. The summed E-state index contributed by atoms with van der Waals surface area (Å²) in [6.07, 6.45) is 1.35. The predicted octanol–water partition coefficient (Wildman–Crippen LogP) is 2.73. The smallest absolute Gasteiger partial charge is 0.292 e. The first-order valence-electron chi connectivity index (χ1n) is 7.09. The summed E-state index contributed by atoms with van der Waals surface area (Å²) in [5.74, 6) is -0.722. The number of carbonyl (C=O) groups excluding carboxylic acids is 1. The third kappa shape index (κ3) is 2.85. The molecule has 3 rings (SSSR count). The molecule has 0 saturated heterocycles. The van der Waals surface area contributed by atoms with Crippen molar-refractivity contribution in [3.63, 3.8) is 0 Å². The van der Waals surface area contributed by atoms with E-state index in [1.807, 2.05) is 0 Å². The van der Waals surface area contributed by atoms with E-state index in [0.717, 1.165) is 17.2 Å². The fourth-order valence-corrected chi connectivity index (χ4v) is 2.82. The highest BCUT2D eigenvalue weighted by Crippen LogP contribution is 2.32. The largest absolute Gasteiger partial charge is 0.393 e. The van der Waals surface area contributed by atoms with Crippen LogP contribution < -0.4 is 11.1 Å². The molecule has 1 atom stereocenters. The second-order valence-electron chi connectivity index (χ2n) is 5.44. The molecule has 0 aromatic heterocycles. The molecule has 0 spiro atoms. The summed E-state index contributed by atoms with van der Waals surface area (Å²) < 4.78 is 13.2. The molecule has 118 valence electrons. The number of aryl methyl sites for hydroxylation is 1. The molecule has 0 aliphatic heterocycles. The van der Waals surface area contributed by atoms with Crippen LogP contribution in [0.2, 0.25) is 0 Å². The number of benzene rings is 2. The summed E-state index contributed by atoms with van der Waals surface area (Å²) in [5.41, 5.74) is 7.15. The third-order valence-corrected chi connectivity index (χ3v) is 3.98. The van der Waals surface area contributed by atoms with E-state index in [0.29, 0.717) is 12.8 Å². The first kappa shape index (κ1) is 15.0. The molecule has 0 fully saturated rings. The van der Waals surface area contributed by atoms with Gasteiger partial charge in [0, 0.05) is 11.6 Å². The average Bonchev–Trinajstić information content (AvgIpc) is 2.89. The Morgan fingerprint density at radius 3 is 2.83 bits per heavy atom. The van der Waals surface area contributed by atoms with Crippen LogP contribution in [-0.4, -0.2) is 10.8 Å². The molecule has 6 nitrogen and oxygen atoms in total. The molecule has 0 bridgehead atoms. The van der Waals surface area contributed by atoms with Crippen molar-refractivity contribution in [3.8, 4) is 0 Å². The quantitative estimate of drug-likeness (QED) is 0.517. The minimum atomic E-state index is -0.625. The van der Waals surface area contributed by atoms with E-state index in [-0.39, 0.29) is 28.8 Å². The van der Waals surface area contributed by atoms with Gasteiger partial charge in [-0.1, -0.05) is 6.07 Å². The first-order valence-corrected chi connectivity index (χ1v) is 7.09. The van der Waals surface area contributed by atoms with Gasteiger partial charge in [0.15, 0.2) is 0 Å². The number of fused-ring (bicyclic) bond motifs is 1. The molecular formula is C16H14FN3O3. The van der Waals surface area contributed by atoms with Gasteiger partial charge < -0.3 is 11.1 Å². The number of nitrogens with two attached hydrogens (primary N) is 1. The zero-order valence-electron chi connectivity index (χ0n) is 12.1. The van der Waals surface area contributed by atoms with E-state index >= 15 is 0 Å². The summed E-state index contributed by atoms with van der Waals surface area (Å²) in [6.45, 7) is 0. The lowest BCUT2D eigenvalue weighted by Gasteiger charge is -2.14. The van der Waals surface area contributed by atoms with Gasteiger partial charge in [-0.3, -0.25) is 14.9 Å². The van der Waals surface area contributed by atoms with Crippen LogP contribution in [0.4, 0.5) is 15.8 Å². The number of hydrogen-bond donors (Lipinski definition) is 2. The first-order chi connectivity index (χ1) is 11.0. The Balaban J connectivity index is 1.81. The molecule has 23 heavy (non-hydrogen) atoms. The number of anilines is 1. The normalized spacial score (nSPS) is 16.0. The highest BCUT2D eigenvalue weighted by atomic mass is 19.1. The number of nitro groups is 1. The van der Waals surface area contributed by atoms with Crippen molar-refractivity contribution >= 4 is 17.3 Å². The topological polar surface area (TPSA) is 98.3 Å². The second-order valence-corrected chi connectivity index (χ2v) is 5.44. The maximum Gasteiger partial charge on any atom is 0.292 e. The van der Waals surface area contributed by atoms with Gasteiger partial charge in [-0.25, -0.2) is 4.39 Å². The lowest BCUT2D eigenvalue weighted by molar-refractivity contribution is -0.383. The Labute approximate surface area is 131 Å². The van der Waals surface area contributed by atoms with Crippen LogP contribution in [0.25, 0.3) is 0 Å². The molecular weight excluding hydrogens is 301 g/mol. The molecule has 0 heterocycles. The molecule has 1 unspecified atom stereocenters. The van der Waals surface area contributed by atoms with E-state index in [4.69, 9.17) is 5.73 Å². The maximum absolute atomic E-state index is 13.2. The maximum atomic E-state index is 13.2. The predicted molar refractivity (Wildman–Crippen MR) is 82.4 cm³/mol. The van der Waals surface area contributed by atoms with Crippen molar-refractivity contribution < 1.29 is 14.1 Å². The van der Waals surface area contributed by atoms with E-state index in [2.05, 4.69) is 5.32 Å². The molecule has 0 radical (unpaired) electrons. The lowest BCUT2D eigenvalue weighted by atomic mass is 10.1. The fourth-order valence-electron chi connectivity index (χ4n) is 2.82. The third-order valence-electron chi connectivity index (χ3n) is 3.98. The summed E-state index contributed by atoms with van der Waals surface area (Å²) in [5, 5.41) is 13.7. The summed E-state index contributed by atoms with van der Waals surface area (Å²) in [6, 6.07) is 8.20. The minimum absolute atomic E-state index is 0.00763. The Morgan fingerprint density at radius 1 is 1.30 bits per heavy atom. The summed E-state index contributed by atoms with van der Waals surface area (Å²) in [7, 11) is 0. The van der Waals surface area contributed by atoms with Gasteiger partial charge >= 0.3 is 0 Å². The van der Waals surface area contributed by atoms with Crippen LogP contribution in [0.15, 0.2) is 36.4 Å². The Hall–Kier alpha value is -2.96. The van der Waals surface area contributed by atoms with Crippen molar-refractivity contribution in [2.75, 3.05) is 5.73 Å². The highest BCUT2D eigenvalue weighted by Gasteiger charge is 2.25. The van der Waals surface area contributed by atoms with Crippen LogP contribution in [-0.2, 0) is 6.42 Å². The Bertz CT molecular complexity index is 807. The number of nitro benzene ring substituents is 1. The number of halogens is 1. The van der Waals surface area contributed by atoms with Gasteiger partial charge in [0.2, 0.25) is 0 Å². The van der Waals surface area contributed by atoms with E-state index in [1.165, 1.54) is 24.3 Å². The van der Waals surface area contributed by atoms with Crippen molar-refractivity contribution in [2.45, 2.75) is 18.9 Å². The van der Waals surface area contributed by atoms with Gasteiger partial charge in [0.25, 0.3) is 11.6 Å². The monoisotopic (exact) mass is 315 g/mol. The van der Waals surface area contributed by atoms with E-state index in [1.54, 1.807) is 6.07 Å². The summed E-state index contributed by atoms with van der Waals surface area (Å²) in [4.78, 5) is 22.6. The number of amides is 1. The number of rotatable bonds is 3. The fraction of sp³-hybridized carbons (Fsp3) is 0.188. The molecule has 2 aromatic carbocycles. The molecule has 1 aliphatic rings. The minimum Gasteiger partial charge on any atom is -0.393 e. The zero-order valence-corrected chi connectivity index (χ0v) is 12.1. The summed E-state index contributed by atoms with van der Waals surface area (Å²) >= 11 is 0. The van der Waals surface area contributed by atoms with Crippen molar-refractivity contribution in [1.29, 1.82) is 0 Å². The molecule has 2 aromatic rings. The van der Waals surface area contributed by atoms with Crippen LogP contribution in [0, 0.1) is 15.9 Å². The number of nitrogens with one attached hydrogen (secondary N) is 1. The lowest BCUT2D eigenvalue weighted by Crippen LogP contribution is -2.27. The van der Waals surface area contributed by atoms with Gasteiger partial charge in [0.05, 0.1) is 11.0 Å². The Kier molecular flexibility index (Phi) is 3.69. The standard InChI is InChI=1S/C16H14FN3O3/c17-11-3-4-12-9(7-11)2-6-14(12)19-16(21)10-1-5-13(18)15(8-10)20(22)23/h1,3-5,7-8,14H,2,6,18H2,(H,19,21). The number of hydrogen-bond acceptors (Lipinski definition) is 4. The highest BCUT2D eigenvalue weighted by molar-refractivity contribution is 5.96. The van der Waals surface area contributed by atoms with Gasteiger partial charge in [-0.15, -0.1) is 0 Å². The van der Waals surface area contributed by atoms with Crippen molar-refractivity contribution in [1.82, 2.24) is 5.32 Å². The van der Waals surface area contributed by atoms with Crippen molar-refractivity contribution in [2.24, 2.45) is 0 Å². The molecule has 3 N–H and O–H groups in total. The zero-order chi connectivity index (χ0) is 16.6. The molecule has 7 heteroatoms. The molecule has 0 saturated carbocycles. The number of nitrogen functional groups attached to an aromatic ring is 1. The van der Waals surface area contributed by atoms with Crippen LogP contribution in [0.5, 0.6) is 0 Å². The van der Waals surface area contributed by atoms with Crippen LogP contribution in [0.3, 0.4) is 0 Å². The SMILES string of the molecule is Nc1ccc(C(=O)NC2CCc3cc(F)ccc32)cc1[N+](=O)[O-]. The van der Waals surface area contributed by atoms with Crippen LogP contribution in [0.1, 0.15) is 33.9 Å². The molecule has 1 amide bonds. The van der Waals surface area contributed by atoms with E-state index < -0.39 is 10.8 Å². The van der Waals surface area contributed by atoms with Crippen molar-refractivity contribution in [3.05, 3.63) is 69.0 Å². The van der Waals surface area contributed by atoms with Gasteiger partial charge in [0.1, 0.15) is 11.5 Å². The van der Waals surface area contributed by atoms with Gasteiger partial charge in [-0.05, 0) is 48.2 Å². The average molecular weight is 315 g/mol. The van der Waals surface area contributed by atoms with E-state index in [9.17, 15) is 19.3 Å². The second kappa shape index (κ2) is 5.68. The number of nitrogens with zero attached hydrogens (tertiary/aromatic N) is 1.